The van der Waals surface area contributed by atoms with Crippen molar-refractivity contribution in [1.82, 2.24) is 15.5 Å². The van der Waals surface area contributed by atoms with Gasteiger partial charge in [0, 0.05) is 45.9 Å². The number of halogens is 2. The molecule has 0 aromatic heterocycles. The molecule has 0 amide bonds. The summed E-state index contributed by atoms with van der Waals surface area (Å²) in [5, 5.41) is 6.82. The average Bonchev–Trinajstić information content (AvgIpc) is 3.27. The second-order valence-corrected chi connectivity index (χ2v) is 7.87. The maximum atomic E-state index is 13.9. The van der Waals surface area contributed by atoms with Gasteiger partial charge in [-0.05, 0) is 43.4 Å². The molecule has 7 nitrogen and oxygen atoms in total. The number of nitrogens with one attached hydrogen (secondary N) is 2. The molecule has 0 radical (unpaired) electrons. The van der Waals surface area contributed by atoms with Crippen LogP contribution in [0.1, 0.15) is 31.2 Å². The lowest BCUT2D eigenvalue weighted by Crippen LogP contribution is -2.49. The van der Waals surface area contributed by atoms with Crippen molar-refractivity contribution in [2.45, 2.75) is 44.4 Å². The van der Waals surface area contributed by atoms with Crippen molar-refractivity contribution in [3.05, 3.63) is 29.6 Å². The number of guanidine groups is 1. The van der Waals surface area contributed by atoms with Crippen LogP contribution < -0.4 is 15.4 Å². The van der Waals surface area contributed by atoms with Gasteiger partial charge < -0.3 is 24.8 Å². The lowest BCUT2D eigenvalue weighted by molar-refractivity contribution is 0.0191. The number of methoxy groups -OCH3 is 1. The minimum Gasteiger partial charge on any atom is -0.494 e. The molecule has 0 saturated carbocycles. The van der Waals surface area contributed by atoms with E-state index in [4.69, 9.17) is 14.2 Å². The monoisotopic (exact) mass is 550 g/mol. The Morgan fingerprint density at radius 3 is 2.74 bits per heavy atom. The van der Waals surface area contributed by atoms with Crippen LogP contribution in [-0.2, 0) is 16.0 Å². The molecule has 176 valence electrons. The van der Waals surface area contributed by atoms with Crippen LogP contribution in [0.5, 0.6) is 5.75 Å². The van der Waals surface area contributed by atoms with E-state index in [2.05, 4.69) is 20.5 Å². The third kappa shape index (κ3) is 8.70. The van der Waals surface area contributed by atoms with Gasteiger partial charge in [-0.25, -0.2) is 4.39 Å². The van der Waals surface area contributed by atoms with Gasteiger partial charge in [0.15, 0.2) is 17.5 Å². The first-order chi connectivity index (χ1) is 14.7. The molecule has 1 atom stereocenters. The second kappa shape index (κ2) is 14.1. The van der Waals surface area contributed by atoms with Crippen LogP contribution >= 0.6 is 24.0 Å². The van der Waals surface area contributed by atoms with Gasteiger partial charge in [-0.2, -0.15) is 0 Å². The fourth-order valence-corrected chi connectivity index (χ4v) is 3.92. The van der Waals surface area contributed by atoms with E-state index in [1.54, 1.807) is 19.2 Å². The average molecular weight is 550 g/mol. The molecule has 2 aliphatic rings. The van der Waals surface area contributed by atoms with Gasteiger partial charge in [0.25, 0.3) is 0 Å². The highest BCUT2D eigenvalue weighted by Crippen LogP contribution is 2.20. The Morgan fingerprint density at radius 2 is 2.10 bits per heavy atom. The number of rotatable bonds is 9. The lowest BCUT2D eigenvalue weighted by Gasteiger charge is -2.33. The summed E-state index contributed by atoms with van der Waals surface area (Å²) in [6.45, 7) is 5.57. The molecule has 0 bridgehead atoms. The molecular weight excluding hydrogens is 514 g/mol. The van der Waals surface area contributed by atoms with Gasteiger partial charge in [-0.3, -0.25) is 9.89 Å². The highest BCUT2D eigenvalue weighted by atomic mass is 127. The Bertz CT molecular complexity index is 681. The molecule has 2 N–H and O–H groups in total. The van der Waals surface area contributed by atoms with Gasteiger partial charge >= 0.3 is 0 Å². The van der Waals surface area contributed by atoms with Crippen LogP contribution in [0.3, 0.4) is 0 Å². The topological polar surface area (TPSA) is 67.4 Å². The summed E-state index contributed by atoms with van der Waals surface area (Å²) < 4.78 is 30.1. The van der Waals surface area contributed by atoms with E-state index in [-0.39, 0.29) is 41.6 Å². The van der Waals surface area contributed by atoms with E-state index in [9.17, 15) is 4.39 Å². The van der Waals surface area contributed by atoms with Crippen molar-refractivity contribution in [2.24, 2.45) is 4.99 Å². The molecule has 1 aromatic rings. The zero-order valence-corrected chi connectivity index (χ0v) is 20.9. The van der Waals surface area contributed by atoms with Crippen LogP contribution in [0, 0.1) is 5.82 Å². The third-order valence-electron chi connectivity index (χ3n) is 5.64. The lowest BCUT2D eigenvalue weighted by atomic mass is 10.0. The smallest absolute Gasteiger partial charge is 0.191 e. The van der Waals surface area contributed by atoms with E-state index in [0.29, 0.717) is 25.8 Å². The van der Waals surface area contributed by atoms with E-state index >= 15 is 0 Å². The Morgan fingerprint density at radius 1 is 1.29 bits per heavy atom. The Kier molecular flexibility index (Phi) is 11.8. The Balaban J connectivity index is 0.00000341. The summed E-state index contributed by atoms with van der Waals surface area (Å²) >= 11 is 0. The van der Waals surface area contributed by atoms with Crippen LogP contribution in [0.4, 0.5) is 4.39 Å². The Hall–Kier alpha value is -1.17. The minimum absolute atomic E-state index is 0. The first-order valence-corrected chi connectivity index (χ1v) is 10.9. The first-order valence-electron chi connectivity index (χ1n) is 10.9. The van der Waals surface area contributed by atoms with E-state index in [0.717, 1.165) is 63.4 Å². The van der Waals surface area contributed by atoms with E-state index in [1.165, 1.54) is 7.11 Å². The fourth-order valence-electron chi connectivity index (χ4n) is 3.92. The van der Waals surface area contributed by atoms with Gasteiger partial charge in [-0.1, -0.05) is 6.07 Å². The quantitative estimate of drug-likeness (QED) is 0.214. The fraction of sp³-hybridized carbons (Fsp3) is 0.682. The summed E-state index contributed by atoms with van der Waals surface area (Å²) in [5.41, 5.74) is 0.972. The van der Waals surface area contributed by atoms with E-state index < -0.39 is 0 Å². The summed E-state index contributed by atoms with van der Waals surface area (Å²) in [6, 6.07) is 5.57. The zero-order chi connectivity index (χ0) is 21.2. The number of benzene rings is 1. The number of aliphatic imine (C=N–C) groups is 1. The summed E-state index contributed by atoms with van der Waals surface area (Å²) in [7, 11) is 3.27. The predicted molar refractivity (Wildman–Crippen MR) is 131 cm³/mol. The molecule has 0 spiro atoms. The SMILES string of the molecule is CN=C(NCCOCC1CCCO1)NC1CCN(Cc2ccc(OC)c(F)c2)CC1.I. The third-order valence-corrected chi connectivity index (χ3v) is 5.64. The second-order valence-electron chi connectivity index (χ2n) is 7.87. The van der Waals surface area contributed by atoms with Crippen molar-refractivity contribution in [1.29, 1.82) is 0 Å². The molecule has 9 heteroatoms. The Labute approximate surface area is 202 Å². The number of ether oxygens (including phenoxy) is 3. The highest BCUT2D eigenvalue weighted by Gasteiger charge is 2.20. The molecule has 2 fully saturated rings. The van der Waals surface area contributed by atoms with Crippen LogP contribution in [0.15, 0.2) is 23.2 Å². The number of piperidine rings is 1. The zero-order valence-electron chi connectivity index (χ0n) is 18.6. The van der Waals surface area contributed by atoms with Crippen LogP contribution in [-0.4, -0.2) is 76.6 Å². The summed E-state index contributed by atoms with van der Waals surface area (Å²) in [6.07, 6.45) is 4.55. The molecule has 2 saturated heterocycles. The van der Waals surface area contributed by atoms with E-state index in [1.807, 2.05) is 6.07 Å². The van der Waals surface area contributed by atoms with Gasteiger partial charge in [0.2, 0.25) is 0 Å². The number of hydrogen-bond donors (Lipinski definition) is 2. The minimum atomic E-state index is -0.304. The molecule has 0 aliphatic carbocycles. The molecule has 2 heterocycles. The van der Waals surface area contributed by atoms with Crippen molar-refractivity contribution < 1.29 is 18.6 Å². The normalized spacial score (nSPS) is 20.4. The van der Waals surface area contributed by atoms with Crippen molar-refractivity contribution in [3.63, 3.8) is 0 Å². The molecule has 3 rings (SSSR count). The molecule has 31 heavy (non-hydrogen) atoms. The van der Waals surface area contributed by atoms with Crippen LogP contribution in [0.25, 0.3) is 0 Å². The number of hydrogen-bond acceptors (Lipinski definition) is 5. The molecule has 1 unspecified atom stereocenters. The van der Waals surface area contributed by atoms with Gasteiger partial charge in [-0.15, -0.1) is 24.0 Å². The number of nitrogens with zero attached hydrogens (tertiary/aromatic N) is 2. The molecule has 1 aromatic carbocycles. The summed E-state index contributed by atoms with van der Waals surface area (Å²) in [5.74, 6) is 0.797. The van der Waals surface area contributed by atoms with Crippen molar-refractivity contribution in [3.8, 4) is 5.75 Å². The first kappa shape index (κ1) is 26.1. The van der Waals surface area contributed by atoms with Crippen molar-refractivity contribution >= 4 is 29.9 Å². The molecule has 2 aliphatic heterocycles. The van der Waals surface area contributed by atoms with Crippen molar-refractivity contribution in [2.75, 3.05) is 53.6 Å². The molecular formula is C22H36FIN4O3. The maximum Gasteiger partial charge on any atom is 0.191 e. The van der Waals surface area contributed by atoms with Gasteiger partial charge in [0.1, 0.15) is 0 Å². The standard InChI is InChI=1S/C22H35FN4O3.HI/c1-24-22(25-9-13-29-16-19-4-3-12-30-19)26-18-7-10-27(11-8-18)15-17-5-6-21(28-2)20(23)14-17;/h5-6,14,18-19H,3-4,7-13,15-16H2,1-2H3,(H2,24,25,26);1H. The highest BCUT2D eigenvalue weighted by molar-refractivity contribution is 14.0. The van der Waals surface area contributed by atoms with Gasteiger partial charge in [0.05, 0.1) is 26.4 Å². The van der Waals surface area contributed by atoms with Crippen LogP contribution in [0.2, 0.25) is 0 Å². The predicted octanol–water partition coefficient (Wildman–Crippen LogP) is 2.78. The maximum absolute atomic E-state index is 13.9. The number of likely N-dealkylation sites (tertiary alicyclic amines) is 1. The largest absolute Gasteiger partial charge is 0.494 e. The summed E-state index contributed by atoms with van der Waals surface area (Å²) in [4.78, 5) is 6.67.